The Kier molecular flexibility index (Phi) is 4.46. The van der Waals surface area contributed by atoms with E-state index >= 15 is 0 Å². The van der Waals surface area contributed by atoms with Crippen molar-refractivity contribution in [2.75, 3.05) is 0 Å². The summed E-state index contributed by atoms with van der Waals surface area (Å²) in [5.74, 6) is 0. The normalized spacial score (nSPS) is 18.0. The van der Waals surface area contributed by atoms with Gasteiger partial charge in [0.05, 0.1) is 0 Å². The van der Waals surface area contributed by atoms with Crippen LogP contribution in [-0.2, 0) is 0 Å². The molecular formula is C14H18OS. The maximum absolute atomic E-state index is 10.7. The molecule has 0 spiro atoms. The molecule has 0 atom stereocenters. The average molecular weight is 234 g/mol. The highest BCUT2D eigenvalue weighted by atomic mass is 32.2. The van der Waals surface area contributed by atoms with Crippen molar-refractivity contribution >= 4 is 18.0 Å². The fraction of sp³-hybridized carbons (Fsp3) is 0.500. The minimum absolute atomic E-state index is 0.754. The summed E-state index contributed by atoms with van der Waals surface area (Å²) >= 11 is 1.95. The first-order valence-electron chi connectivity index (χ1n) is 6.10. The van der Waals surface area contributed by atoms with Crippen LogP contribution in [0.5, 0.6) is 0 Å². The van der Waals surface area contributed by atoms with E-state index in [4.69, 9.17) is 0 Å². The zero-order chi connectivity index (χ0) is 11.2. The lowest BCUT2D eigenvalue weighted by atomic mass is 10.2. The molecule has 1 nitrogen and oxygen atoms in total. The van der Waals surface area contributed by atoms with Gasteiger partial charge in [-0.1, -0.05) is 37.8 Å². The van der Waals surface area contributed by atoms with Crippen LogP contribution in [0.15, 0.2) is 29.2 Å². The molecule has 1 aromatic rings. The lowest BCUT2D eigenvalue weighted by Gasteiger charge is -2.13. The van der Waals surface area contributed by atoms with Gasteiger partial charge < -0.3 is 0 Å². The Morgan fingerprint density at radius 2 is 1.88 bits per heavy atom. The fourth-order valence-electron chi connectivity index (χ4n) is 2.21. The van der Waals surface area contributed by atoms with Crippen LogP contribution in [0.4, 0.5) is 0 Å². The molecule has 0 heterocycles. The molecule has 86 valence electrons. The number of hydrogen-bond acceptors (Lipinski definition) is 2. The second kappa shape index (κ2) is 6.09. The van der Waals surface area contributed by atoms with Crippen molar-refractivity contribution in [3.63, 3.8) is 0 Å². The van der Waals surface area contributed by atoms with E-state index < -0.39 is 0 Å². The highest BCUT2D eigenvalue weighted by Gasteiger charge is 2.13. The smallest absolute Gasteiger partial charge is 0.150 e. The molecule has 0 saturated heterocycles. The Hall–Kier alpha value is -0.760. The van der Waals surface area contributed by atoms with Crippen LogP contribution in [0, 0.1) is 0 Å². The lowest BCUT2D eigenvalue weighted by Crippen LogP contribution is -1.99. The van der Waals surface area contributed by atoms with Gasteiger partial charge in [-0.3, -0.25) is 4.79 Å². The third-order valence-corrected chi connectivity index (χ3v) is 4.43. The van der Waals surface area contributed by atoms with E-state index in [0.717, 1.165) is 17.1 Å². The molecule has 16 heavy (non-hydrogen) atoms. The SMILES string of the molecule is O=Cc1cccc(SC2CCCCCC2)c1. The zero-order valence-corrected chi connectivity index (χ0v) is 10.3. The molecule has 0 N–H and O–H groups in total. The van der Waals surface area contributed by atoms with Crippen LogP contribution in [0.25, 0.3) is 0 Å². The summed E-state index contributed by atoms with van der Waals surface area (Å²) in [5.41, 5.74) is 0.790. The summed E-state index contributed by atoms with van der Waals surface area (Å²) in [5, 5.41) is 0.754. The van der Waals surface area contributed by atoms with E-state index in [1.165, 1.54) is 43.4 Å². The Labute approximate surface area is 102 Å². The lowest BCUT2D eigenvalue weighted by molar-refractivity contribution is 0.112. The second-order valence-electron chi connectivity index (χ2n) is 4.42. The molecular weight excluding hydrogens is 216 g/mol. The van der Waals surface area contributed by atoms with Gasteiger partial charge in [-0.05, 0) is 25.0 Å². The van der Waals surface area contributed by atoms with Crippen molar-refractivity contribution in [1.29, 1.82) is 0 Å². The number of thioether (sulfide) groups is 1. The molecule has 0 aromatic heterocycles. The van der Waals surface area contributed by atoms with Gasteiger partial charge in [0, 0.05) is 15.7 Å². The third kappa shape index (κ3) is 3.38. The summed E-state index contributed by atoms with van der Waals surface area (Å²) < 4.78 is 0. The molecule has 1 saturated carbocycles. The second-order valence-corrected chi connectivity index (χ2v) is 5.80. The zero-order valence-electron chi connectivity index (χ0n) is 9.52. The van der Waals surface area contributed by atoms with Crippen LogP contribution < -0.4 is 0 Å². The molecule has 1 aliphatic rings. The van der Waals surface area contributed by atoms with Gasteiger partial charge in [-0.2, -0.15) is 0 Å². The predicted octanol–water partition coefficient (Wildman–Crippen LogP) is 4.31. The molecule has 0 amide bonds. The van der Waals surface area contributed by atoms with Crippen molar-refractivity contribution < 1.29 is 4.79 Å². The number of benzene rings is 1. The van der Waals surface area contributed by atoms with Gasteiger partial charge in [-0.25, -0.2) is 0 Å². The first kappa shape index (κ1) is 11.7. The van der Waals surface area contributed by atoms with E-state index in [1.54, 1.807) is 0 Å². The molecule has 0 unspecified atom stereocenters. The summed E-state index contributed by atoms with van der Waals surface area (Å²) in [4.78, 5) is 11.9. The highest BCUT2D eigenvalue weighted by Crippen LogP contribution is 2.32. The van der Waals surface area contributed by atoms with E-state index in [1.807, 2.05) is 30.0 Å². The summed E-state index contributed by atoms with van der Waals surface area (Å²) in [6, 6.07) is 7.96. The predicted molar refractivity (Wildman–Crippen MR) is 69.2 cm³/mol. The fourth-order valence-corrected chi connectivity index (χ4v) is 3.53. The first-order valence-corrected chi connectivity index (χ1v) is 6.98. The summed E-state index contributed by atoms with van der Waals surface area (Å²) in [6.07, 6.45) is 9.11. The van der Waals surface area contributed by atoms with Crippen LogP contribution >= 0.6 is 11.8 Å². The van der Waals surface area contributed by atoms with E-state index in [9.17, 15) is 4.79 Å². The van der Waals surface area contributed by atoms with Crippen molar-refractivity contribution in [1.82, 2.24) is 0 Å². The number of aldehydes is 1. The molecule has 0 aliphatic heterocycles. The Balaban J connectivity index is 1.98. The Morgan fingerprint density at radius 1 is 1.12 bits per heavy atom. The van der Waals surface area contributed by atoms with Crippen LogP contribution in [-0.4, -0.2) is 11.5 Å². The van der Waals surface area contributed by atoms with Gasteiger partial charge in [0.1, 0.15) is 6.29 Å². The molecule has 0 bridgehead atoms. The maximum atomic E-state index is 10.7. The van der Waals surface area contributed by atoms with Gasteiger partial charge in [0.15, 0.2) is 0 Å². The first-order chi connectivity index (χ1) is 7.88. The summed E-state index contributed by atoms with van der Waals surface area (Å²) in [6.45, 7) is 0. The molecule has 1 fully saturated rings. The van der Waals surface area contributed by atoms with Crippen molar-refractivity contribution in [3.05, 3.63) is 29.8 Å². The van der Waals surface area contributed by atoms with Gasteiger partial charge in [0.25, 0.3) is 0 Å². The monoisotopic (exact) mass is 234 g/mol. The van der Waals surface area contributed by atoms with Crippen LogP contribution in [0.1, 0.15) is 48.9 Å². The minimum atomic E-state index is 0.754. The van der Waals surface area contributed by atoms with Crippen molar-refractivity contribution in [2.45, 2.75) is 48.7 Å². The van der Waals surface area contributed by atoms with Gasteiger partial charge >= 0.3 is 0 Å². The third-order valence-electron chi connectivity index (χ3n) is 3.10. The standard InChI is InChI=1S/C14H18OS/c15-11-12-6-5-9-14(10-12)16-13-7-3-1-2-4-8-13/h5-6,9-11,13H,1-4,7-8H2. The number of carbonyl (C=O) groups excluding carboxylic acids is 1. The van der Waals surface area contributed by atoms with E-state index in [0.29, 0.717) is 0 Å². The topological polar surface area (TPSA) is 17.1 Å². The van der Waals surface area contributed by atoms with Gasteiger partial charge in [-0.15, -0.1) is 11.8 Å². The van der Waals surface area contributed by atoms with Crippen molar-refractivity contribution in [2.24, 2.45) is 0 Å². The number of rotatable bonds is 3. The minimum Gasteiger partial charge on any atom is -0.298 e. The number of carbonyl (C=O) groups is 1. The molecule has 2 rings (SSSR count). The van der Waals surface area contributed by atoms with Gasteiger partial charge in [0.2, 0.25) is 0 Å². The molecule has 1 aromatic carbocycles. The Bertz CT molecular complexity index is 340. The largest absolute Gasteiger partial charge is 0.298 e. The van der Waals surface area contributed by atoms with E-state index in [2.05, 4.69) is 6.07 Å². The van der Waals surface area contributed by atoms with E-state index in [-0.39, 0.29) is 0 Å². The van der Waals surface area contributed by atoms with Crippen LogP contribution in [0.2, 0.25) is 0 Å². The van der Waals surface area contributed by atoms with Crippen LogP contribution in [0.3, 0.4) is 0 Å². The maximum Gasteiger partial charge on any atom is 0.150 e. The van der Waals surface area contributed by atoms with Crippen molar-refractivity contribution in [3.8, 4) is 0 Å². The average Bonchev–Trinajstić information content (AvgIpc) is 2.58. The molecule has 0 radical (unpaired) electrons. The highest BCUT2D eigenvalue weighted by molar-refractivity contribution is 8.00. The molecule has 1 aliphatic carbocycles. The quantitative estimate of drug-likeness (QED) is 0.572. The Morgan fingerprint density at radius 3 is 2.56 bits per heavy atom. The molecule has 2 heteroatoms. The summed E-state index contributed by atoms with van der Waals surface area (Å²) in [7, 11) is 0. The number of hydrogen-bond donors (Lipinski definition) is 0.